The van der Waals surface area contributed by atoms with E-state index in [1.807, 2.05) is 26.0 Å². The zero-order valence-corrected chi connectivity index (χ0v) is 13.2. The highest BCUT2D eigenvalue weighted by molar-refractivity contribution is 14.1. The molecule has 4 N–H and O–H groups in total. The van der Waals surface area contributed by atoms with E-state index in [2.05, 4.69) is 32.8 Å². The lowest BCUT2D eigenvalue weighted by Gasteiger charge is -2.15. The summed E-state index contributed by atoms with van der Waals surface area (Å²) >= 11 is 2.18. The Labute approximate surface area is 126 Å². The number of guanidine groups is 1. The molecule has 0 unspecified atom stereocenters. The van der Waals surface area contributed by atoms with Crippen molar-refractivity contribution in [2.45, 2.75) is 20.0 Å². The van der Waals surface area contributed by atoms with Gasteiger partial charge in [-0.3, -0.25) is 0 Å². The Balaban J connectivity index is 3.08. The van der Waals surface area contributed by atoms with Gasteiger partial charge in [0.1, 0.15) is 0 Å². The van der Waals surface area contributed by atoms with Crippen LogP contribution < -0.4 is 20.9 Å². The van der Waals surface area contributed by atoms with Crippen LogP contribution in [0.4, 0.5) is 0 Å². The van der Waals surface area contributed by atoms with Crippen molar-refractivity contribution in [3.8, 4) is 11.5 Å². The number of methoxy groups -OCH3 is 1. The second-order valence-electron chi connectivity index (χ2n) is 3.97. The second-order valence-corrected chi connectivity index (χ2v) is 5.13. The van der Waals surface area contributed by atoms with E-state index < -0.39 is 0 Å². The van der Waals surface area contributed by atoms with E-state index in [1.54, 1.807) is 13.3 Å². The molecule has 0 spiro atoms. The molecule has 0 bridgehead atoms. The maximum Gasteiger partial charge on any atom is 0.211 e. The first-order valence-corrected chi connectivity index (χ1v) is 6.68. The molecule has 1 aromatic rings. The summed E-state index contributed by atoms with van der Waals surface area (Å²) in [5.74, 6) is 1.28. The van der Waals surface area contributed by atoms with Crippen molar-refractivity contribution in [1.29, 1.82) is 0 Å². The smallest absolute Gasteiger partial charge is 0.211 e. The predicted molar refractivity (Wildman–Crippen MR) is 84.9 cm³/mol. The average Bonchev–Trinajstić information content (AvgIpc) is 2.31. The molecule has 104 valence electrons. The Bertz CT molecular complexity index is 497. The molecular weight excluding hydrogens is 359 g/mol. The summed E-state index contributed by atoms with van der Waals surface area (Å²) in [5, 5.41) is 7.30. The molecule has 6 nitrogen and oxygen atoms in total. The van der Waals surface area contributed by atoms with Gasteiger partial charge in [0.2, 0.25) is 5.96 Å². The van der Waals surface area contributed by atoms with Crippen LogP contribution in [-0.2, 0) is 0 Å². The number of halogens is 1. The summed E-state index contributed by atoms with van der Waals surface area (Å²) in [6, 6.07) is 3.72. The molecule has 0 aliphatic carbocycles. The molecule has 0 saturated carbocycles. The van der Waals surface area contributed by atoms with Gasteiger partial charge < -0.3 is 20.9 Å². The van der Waals surface area contributed by atoms with Gasteiger partial charge >= 0.3 is 0 Å². The molecule has 1 aromatic carbocycles. The molecule has 1 rings (SSSR count). The van der Waals surface area contributed by atoms with Crippen LogP contribution in [0.2, 0.25) is 0 Å². The quantitative estimate of drug-likeness (QED) is 0.354. The van der Waals surface area contributed by atoms with E-state index >= 15 is 0 Å². The van der Waals surface area contributed by atoms with E-state index in [-0.39, 0.29) is 12.1 Å². The van der Waals surface area contributed by atoms with E-state index in [0.29, 0.717) is 5.75 Å². The predicted octanol–water partition coefficient (Wildman–Crippen LogP) is 1.69. The minimum absolute atomic E-state index is 0.0728. The first-order chi connectivity index (χ1) is 8.93. The average molecular weight is 376 g/mol. The van der Waals surface area contributed by atoms with Crippen molar-refractivity contribution in [1.82, 2.24) is 0 Å². The summed E-state index contributed by atoms with van der Waals surface area (Å²) in [7, 11) is 1.59. The molecular formula is C12H17IN4O2. The van der Waals surface area contributed by atoms with Gasteiger partial charge in [0, 0.05) is 0 Å². The zero-order valence-electron chi connectivity index (χ0n) is 11.1. The molecule has 0 aliphatic heterocycles. The fourth-order valence-electron chi connectivity index (χ4n) is 1.33. The molecule has 0 aliphatic rings. The number of ether oxygens (including phenoxy) is 2. The molecule has 0 radical (unpaired) electrons. The second kappa shape index (κ2) is 7.17. The van der Waals surface area contributed by atoms with E-state index in [9.17, 15) is 0 Å². The summed E-state index contributed by atoms with van der Waals surface area (Å²) in [5.41, 5.74) is 11.2. The van der Waals surface area contributed by atoms with Gasteiger partial charge in [0.25, 0.3) is 0 Å². The van der Waals surface area contributed by atoms with Crippen molar-refractivity contribution in [3.05, 3.63) is 21.3 Å². The molecule has 0 saturated heterocycles. The van der Waals surface area contributed by atoms with Crippen molar-refractivity contribution < 1.29 is 9.47 Å². The lowest BCUT2D eigenvalue weighted by Crippen LogP contribution is -2.21. The highest BCUT2D eigenvalue weighted by atomic mass is 127. The van der Waals surface area contributed by atoms with Crippen LogP contribution in [0.3, 0.4) is 0 Å². The normalized spacial score (nSPS) is 10.8. The van der Waals surface area contributed by atoms with Crippen molar-refractivity contribution in [2.24, 2.45) is 21.7 Å². The molecule has 7 heteroatoms. The minimum Gasteiger partial charge on any atom is -0.493 e. The third kappa shape index (κ3) is 4.93. The molecule has 0 aromatic heterocycles. The third-order valence-electron chi connectivity index (χ3n) is 1.99. The number of rotatable bonds is 5. The summed E-state index contributed by atoms with van der Waals surface area (Å²) in [6.07, 6.45) is 1.62. The first kappa shape index (κ1) is 15.5. The highest BCUT2D eigenvalue weighted by Crippen LogP contribution is 2.34. The van der Waals surface area contributed by atoms with Gasteiger partial charge in [-0.15, -0.1) is 5.10 Å². The molecule has 19 heavy (non-hydrogen) atoms. The van der Waals surface area contributed by atoms with Crippen LogP contribution in [0.1, 0.15) is 19.4 Å². The number of nitrogens with two attached hydrogens (primary N) is 2. The monoisotopic (exact) mass is 376 g/mol. The van der Waals surface area contributed by atoms with Crippen LogP contribution >= 0.6 is 22.6 Å². The van der Waals surface area contributed by atoms with Crippen molar-refractivity contribution in [3.63, 3.8) is 0 Å². The molecule has 0 heterocycles. The topological polar surface area (TPSA) is 95.2 Å². The maximum atomic E-state index is 5.72. The van der Waals surface area contributed by atoms with Crippen LogP contribution in [0, 0.1) is 3.57 Å². The largest absolute Gasteiger partial charge is 0.493 e. The Morgan fingerprint density at radius 1 is 1.37 bits per heavy atom. The standard InChI is InChI=1S/C12H17IN4O2/c1-7(2)19-11-9(13)4-8(5-10(11)18-3)6-16-17-12(14)15/h4-7H,1-3H3,(H4,14,15,17). The number of benzene rings is 1. The third-order valence-corrected chi connectivity index (χ3v) is 2.79. The number of hydrogen-bond acceptors (Lipinski definition) is 4. The van der Waals surface area contributed by atoms with E-state index in [4.69, 9.17) is 20.9 Å². The maximum absolute atomic E-state index is 5.72. The summed E-state index contributed by atoms with van der Waals surface area (Å²) in [4.78, 5) is 0. The SMILES string of the molecule is COc1cc(C=NN=C(N)N)cc(I)c1OC(C)C. The van der Waals surface area contributed by atoms with Crippen LogP contribution in [0.25, 0.3) is 0 Å². The fraction of sp³-hybridized carbons (Fsp3) is 0.333. The van der Waals surface area contributed by atoms with Gasteiger partial charge in [-0.1, -0.05) is 0 Å². The lowest BCUT2D eigenvalue weighted by molar-refractivity contribution is 0.228. The minimum atomic E-state index is -0.0855. The van der Waals surface area contributed by atoms with E-state index in [1.165, 1.54) is 0 Å². The van der Waals surface area contributed by atoms with Crippen LogP contribution in [-0.4, -0.2) is 25.4 Å². The van der Waals surface area contributed by atoms with Crippen molar-refractivity contribution >= 4 is 34.8 Å². The Hall–Kier alpha value is -1.51. The van der Waals surface area contributed by atoms with Crippen LogP contribution in [0.5, 0.6) is 11.5 Å². The summed E-state index contributed by atoms with van der Waals surface area (Å²) < 4.78 is 12.0. The van der Waals surface area contributed by atoms with Gasteiger partial charge in [-0.05, 0) is 54.1 Å². The Morgan fingerprint density at radius 2 is 2.05 bits per heavy atom. The Kier molecular flexibility index (Phi) is 5.87. The first-order valence-electron chi connectivity index (χ1n) is 5.60. The number of hydrogen-bond donors (Lipinski definition) is 2. The summed E-state index contributed by atoms with van der Waals surface area (Å²) in [6.45, 7) is 3.92. The van der Waals surface area contributed by atoms with Gasteiger partial charge in [0.15, 0.2) is 11.5 Å². The number of nitrogens with zero attached hydrogens (tertiary/aromatic N) is 2. The molecule has 0 amide bonds. The van der Waals surface area contributed by atoms with Gasteiger partial charge in [-0.25, -0.2) is 0 Å². The van der Waals surface area contributed by atoms with E-state index in [0.717, 1.165) is 14.9 Å². The fourth-order valence-corrected chi connectivity index (χ4v) is 2.08. The van der Waals surface area contributed by atoms with Gasteiger partial charge in [-0.2, -0.15) is 5.10 Å². The zero-order chi connectivity index (χ0) is 14.4. The van der Waals surface area contributed by atoms with Gasteiger partial charge in [0.05, 0.1) is 23.0 Å². The Morgan fingerprint density at radius 3 is 2.58 bits per heavy atom. The van der Waals surface area contributed by atoms with Crippen molar-refractivity contribution in [2.75, 3.05) is 7.11 Å². The van der Waals surface area contributed by atoms with Crippen LogP contribution in [0.15, 0.2) is 22.3 Å². The molecule has 0 atom stereocenters. The molecule has 0 fully saturated rings. The lowest BCUT2D eigenvalue weighted by atomic mass is 10.2. The highest BCUT2D eigenvalue weighted by Gasteiger charge is 2.12.